The average Bonchev–Trinajstić information content (AvgIpc) is 3.26. The first-order valence-corrected chi connectivity index (χ1v) is 15.0. The van der Waals surface area contributed by atoms with Crippen LogP contribution in [0.4, 0.5) is 0 Å². The molecule has 3 fully saturated rings. The van der Waals surface area contributed by atoms with Crippen LogP contribution in [0.2, 0.25) is 0 Å². The molecule has 2 aliphatic carbocycles. The third-order valence-corrected chi connectivity index (χ3v) is 9.27. The summed E-state index contributed by atoms with van der Waals surface area (Å²) in [5, 5.41) is 18.5. The molecule has 0 aromatic rings. The van der Waals surface area contributed by atoms with Crippen LogP contribution in [0.5, 0.6) is 0 Å². The standard InChI is InChI=1S/C31H48N4O6/c1-7-9-15-21(26(37)28(39)32-16-8-2)33-27(38)24-22-20(31(22,5)6)17-35(24)30(41)23(19-13-11-10-12-14-19)34-29(40)25(36)18(3)4/h7-8,18-25,36H,1-2,9-17H2,3-6H3,(H,32,39)(H,33,38)(H,34,40)/t20-,21?,22-,23+,24+,25?/m1/s1. The van der Waals surface area contributed by atoms with Gasteiger partial charge in [-0.3, -0.25) is 24.0 Å². The number of ketones is 1. The number of allylic oxidation sites excluding steroid dienone is 1. The van der Waals surface area contributed by atoms with Gasteiger partial charge < -0.3 is 26.0 Å². The van der Waals surface area contributed by atoms with E-state index in [-0.39, 0.29) is 48.0 Å². The van der Waals surface area contributed by atoms with Crippen molar-refractivity contribution < 1.29 is 29.1 Å². The van der Waals surface area contributed by atoms with E-state index in [1.807, 2.05) is 0 Å². The quantitative estimate of drug-likeness (QED) is 0.185. The Bertz CT molecular complexity index is 1030. The van der Waals surface area contributed by atoms with Crippen LogP contribution in [-0.4, -0.2) is 76.7 Å². The van der Waals surface area contributed by atoms with Crippen LogP contribution in [0.3, 0.4) is 0 Å². The topological polar surface area (TPSA) is 145 Å². The van der Waals surface area contributed by atoms with Crippen molar-refractivity contribution in [1.82, 2.24) is 20.9 Å². The number of aliphatic hydroxyl groups excluding tert-OH is 1. The molecule has 1 aliphatic heterocycles. The summed E-state index contributed by atoms with van der Waals surface area (Å²) in [6.45, 7) is 15.3. The van der Waals surface area contributed by atoms with Gasteiger partial charge in [0.25, 0.3) is 5.91 Å². The lowest BCUT2D eigenvalue weighted by Gasteiger charge is -2.37. The van der Waals surface area contributed by atoms with Gasteiger partial charge in [-0.1, -0.05) is 59.1 Å². The molecule has 1 heterocycles. The van der Waals surface area contributed by atoms with Crippen LogP contribution in [0.15, 0.2) is 25.3 Å². The van der Waals surface area contributed by atoms with E-state index in [9.17, 15) is 29.1 Å². The second-order valence-electron chi connectivity index (χ2n) is 12.8. The second-order valence-corrected chi connectivity index (χ2v) is 12.8. The van der Waals surface area contributed by atoms with Crippen molar-refractivity contribution in [2.45, 2.75) is 96.9 Å². The molecule has 0 bridgehead atoms. The van der Waals surface area contributed by atoms with Crippen molar-refractivity contribution in [2.75, 3.05) is 13.1 Å². The van der Waals surface area contributed by atoms with Gasteiger partial charge in [0.1, 0.15) is 18.2 Å². The summed E-state index contributed by atoms with van der Waals surface area (Å²) in [4.78, 5) is 67.9. The van der Waals surface area contributed by atoms with Crippen LogP contribution in [0, 0.1) is 29.1 Å². The Hall–Kier alpha value is -3.01. The molecule has 3 aliphatic rings. The third-order valence-electron chi connectivity index (χ3n) is 9.27. The molecule has 0 spiro atoms. The zero-order chi connectivity index (χ0) is 30.5. The van der Waals surface area contributed by atoms with Crippen molar-refractivity contribution in [3.8, 4) is 0 Å². The smallest absolute Gasteiger partial charge is 0.289 e. The highest BCUT2D eigenvalue weighted by molar-refractivity contribution is 6.38. The van der Waals surface area contributed by atoms with E-state index < -0.39 is 47.7 Å². The summed E-state index contributed by atoms with van der Waals surface area (Å²) in [6, 6.07) is -2.76. The first kappa shape index (κ1) is 32.5. The van der Waals surface area contributed by atoms with E-state index >= 15 is 0 Å². The van der Waals surface area contributed by atoms with Crippen molar-refractivity contribution in [2.24, 2.45) is 29.1 Å². The summed E-state index contributed by atoms with van der Waals surface area (Å²) in [7, 11) is 0. The highest BCUT2D eigenvalue weighted by atomic mass is 16.3. The van der Waals surface area contributed by atoms with Gasteiger partial charge in [-0.15, -0.1) is 13.2 Å². The lowest BCUT2D eigenvalue weighted by atomic mass is 9.82. The maximum Gasteiger partial charge on any atom is 0.289 e. The molecule has 10 heteroatoms. The first-order valence-electron chi connectivity index (χ1n) is 15.0. The summed E-state index contributed by atoms with van der Waals surface area (Å²) < 4.78 is 0. The van der Waals surface area contributed by atoms with Crippen molar-refractivity contribution in [3.05, 3.63) is 25.3 Å². The summed E-state index contributed by atoms with van der Waals surface area (Å²) in [5.41, 5.74) is -0.168. The van der Waals surface area contributed by atoms with E-state index in [0.29, 0.717) is 13.0 Å². The number of hydrogen-bond acceptors (Lipinski definition) is 6. The zero-order valence-electron chi connectivity index (χ0n) is 25.0. The Morgan fingerprint density at radius 3 is 2.27 bits per heavy atom. The molecule has 2 unspecified atom stereocenters. The summed E-state index contributed by atoms with van der Waals surface area (Å²) in [6.07, 6.45) is 6.93. The van der Waals surface area contributed by atoms with Crippen LogP contribution >= 0.6 is 0 Å². The predicted octanol–water partition coefficient (Wildman–Crippen LogP) is 1.87. The number of piperidine rings is 1. The third kappa shape index (κ3) is 7.26. The SMILES string of the molecule is C=CCCC(NC(=O)[C@@H]1[C@H]2[C@@H](CN1C(=O)[C@@H](NC(=O)C(O)C(C)C)C1CCCCC1)C2(C)C)C(=O)C(=O)NCC=C. The minimum Gasteiger partial charge on any atom is -0.383 e. The monoisotopic (exact) mass is 572 g/mol. The number of nitrogens with one attached hydrogen (secondary N) is 3. The highest BCUT2D eigenvalue weighted by Crippen LogP contribution is 2.65. The van der Waals surface area contributed by atoms with Crippen molar-refractivity contribution >= 4 is 29.4 Å². The molecular weight excluding hydrogens is 524 g/mol. The normalized spacial score (nSPS) is 25.3. The van der Waals surface area contributed by atoms with Gasteiger partial charge >= 0.3 is 0 Å². The number of amides is 4. The Morgan fingerprint density at radius 1 is 1.02 bits per heavy atom. The van der Waals surface area contributed by atoms with Gasteiger partial charge in [-0.05, 0) is 54.8 Å². The van der Waals surface area contributed by atoms with Crippen LogP contribution < -0.4 is 16.0 Å². The van der Waals surface area contributed by atoms with Gasteiger partial charge in [0.15, 0.2) is 0 Å². The maximum atomic E-state index is 14.2. The number of carbonyl (C=O) groups excluding carboxylic acids is 5. The molecule has 1 saturated heterocycles. The van der Waals surface area contributed by atoms with Crippen LogP contribution in [0.25, 0.3) is 0 Å². The molecule has 41 heavy (non-hydrogen) atoms. The van der Waals surface area contributed by atoms with Gasteiger partial charge in [0, 0.05) is 13.1 Å². The lowest BCUT2D eigenvalue weighted by Crippen LogP contribution is -2.60. The largest absolute Gasteiger partial charge is 0.383 e. The highest BCUT2D eigenvalue weighted by Gasteiger charge is 2.69. The Balaban J connectivity index is 1.86. The number of nitrogens with zero attached hydrogens (tertiary/aromatic N) is 1. The fourth-order valence-corrected chi connectivity index (χ4v) is 6.60. The van der Waals surface area contributed by atoms with E-state index in [0.717, 1.165) is 32.1 Å². The van der Waals surface area contributed by atoms with E-state index in [1.54, 1.807) is 24.8 Å². The molecule has 2 saturated carbocycles. The molecule has 0 aromatic heterocycles. The minimum atomic E-state index is -1.25. The number of hydrogen-bond donors (Lipinski definition) is 4. The average molecular weight is 573 g/mol. The number of aliphatic hydroxyl groups is 1. The predicted molar refractivity (Wildman–Crippen MR) is 155 cm³/mol. The van der Waals surface area contributed by atoms with Crippen LogP contribution in [0.1, 0.15) is 72.6 Å². The molecule has 6 atom stereocenters. The number of carbonyl (C=O) groups is 5. The fourth-order valence-electron chi connectivity index (χ4n) is 6.60. The number of Topliss-reactive ketones (excluding diaryl/α,β-unsaturated/α-hetero) is 1. The summed E-state index contributed by atoms with van der Waals surface area (Å²) >= 11 is 0. The van der Waals surface area contributed by atoms with E-state index in [2.05, 4.69) is 43.0 Å². The van der Waals surface area contributed by atoms with Crippen molar-refractivity contribution in [1.29, 1.82) is 0 Å². The zero-order valence-corrected chi connectivity index (χ0v) is 25.0. The molecule has 3 rings (SSSR count). The Morgan fingerprint density at radius 2 is 1.68 bits per heavy atom. The Labute approximate surface area is 243 Å². The Kier molecular flexibility index (Phi) is 10.9. The fraction of sp³-hybridized carbons (Fsp3) is 0.710. The maximum absolute atomic E-state index is 14.2. The molecule has 10 nitrogen and oxygen atoms in total. The molecular formula is C31H48N4O6. The lowest BCUT2D eigenvalue weighted by molar-refractivity contribution is -0.147. The van der Waals surface area contributed by atoms with E-state index in [1.165, 1.54) is 6.08 Å². The van der Waals surface area contributed by atoms with Gasteiger partial charge in [-0.2, -0.15) is 0 Å². The van der Waals surface area contributed by atoms with Crippen LogP contribution in [-0.2, 0) is 24.0 Å². The summed E-state index contributed by atoms with van der Waals surface area (Å²) in [5.74, 6) is -3.40. The molecule has 4 N–H and O–H groups in total. The molecule has 228 valence electrons. The molecule has 0 aromatic carbocycles. The number of fused-ring (bicyclic) bond motifs is 1. The first-order chi connectivity index (χ1) is 19.4. The number of rotatable bonds is 14. The molecule has 0 radical (unpaired) electrons. The van der Waals surface area contributed by atoms with E-state index in [4.69, 9.17) is 0 Å². The van der Waals surface area contributed by atoms with Gasteiger partial charge in [0.2, 0.25) is 23.5 Å². The minimum absolute atomic E-state index is 0.0938. The van der Waals surface area contributed by atoms with Gasteiger partial charge in [0.05, 0.1) is 6.04 Å². The van der Waals surface area contributed by atoms with Crippen molar-refractivity contribution in [3.63, 3.8) is 0 Å². The van der Waals surface area contributed by atoms with Gasteiger partial charge in [-0.25, -0.2) is 0 Å². The molecule has 4 amide bonds. The number of likely N-dealkylation sites (tertiary alicyclic amines) is 1. The second kappa shape index (κ2) is 13.8.